The number of nitrogens with one attached hydrogen (secondary N) is 1. The van der Waals surface area contributed by atoms with Gasteiger partial charge in [0.1, 0.15) is 5.75 Å². The van der Waals surface area contributed by atoms with Gasteiger partial charge in [-0.15, -0.1) is 12.4 Å². The molecular formula is C13H18ClNO. The number of piperidine rings is 1. The zero-order valence-electron chi connectivity index (χ0n) is 9.37. The summed E-state index contributed by atoms with van der Waals surface area (Å²) in [6.07, 6.45) is 3.65. The summed E-state index contributed by atoms with van der Waals surface area (Å²) in [5, 5.41) is 3.41. The Kier molecular flexibility index (Phi) is 3.72. The molecule has 0 saturated carbocycles. The first-order valence-electron chi connectivity index (χ1n) is 5.90. The van der Waals surface area contributed by atoms with E-state index in [9.17, 15) is 0 Å². The van der Waals surface area contributed by atoms with Crippen LogP contribution in [0.15, 0.2) is 18.2 Å². The molecule has 2 nitrogen and oxygen atoms in total. The molecule has 1 N–H and O–H groups in total. The third-order valence-electron chi connectivity index (χ3n) is 3.52. The first kappa shape index (κ1) is 11.7. The van der Waals surface area contributed by atoms with Crippen molar-refractivity contribution in [3.63, 3.8) is 0 Å². The molecule has 3 heteroatoms. The van der Waals surface area contributed by atoms with E-state index in [2.05, 4.69) is 23.5 Å². The van der Waals surface area contributed by atoms with Gasteiger partial charge < -0.3 is 10.1 Å². The van der Waals surface area contributed by atoms with Crippen molar-refractivity contribution in [1.82, 2.24) is 5.32 Å². The van der Waals surface area contributed by atoms with Gasteiger partial charge in [0.15, 0.2) is 0 Å². The second-order valence-electron chi connectivity index (χ2n) is 4.49. The van der Waals surface area contributed by atoms with Crippen LogP contribution in [-0.2, 0) is 6.42 Å². The van der Waals surface area contributed by atoms with Crippen molar-refractivity contribution in [2.24, 2.45) is 0 Å². The molecule has 0 atom stereocenters. The van der Waals surface area contributed by atoms with E-state index in [1.54, 1.807) is 0 Å². The number of halogens is 1. The number of fused-ring (bicyclic) bond motifs is 1. The largest absolute Gasteiger partial charge is 0.493 e. The Labute approximate surface area is 103 Å². The van der Waals surface area contributed by atoms with Crippen LogP contribution >= 0.6 is 12.4 Å². The Bertz CT molecular complexity index is 361. The molecule has 1 saturated heterocycles. The van der Waals surface area contributed by atoms with E-state index in [4.69, 9.17) is 4.74 Å². The zero-order chi connectivity index (χ0) is 10.1. The molecule has 2 aliphatic rings. The summed E-state index contributed by atoms with van der Waals surface area (Å²) in [4.78, 5) is 0. The number of hydrogen-bond acceptors (Lipinski definition) is 2. The maximum Gasteiger partial charge on any atom is 0.122 e. The molecule has 0 unspecified atom stereocenters. The van der Waals surface area contributed by atoms with E-state index >= 15 is 0 Å². The fraction of sp³-hybridized carbons (Fsp3) is 0.538. The fourth-order valence-electron chi connectivity index (χ4n) is 2.62. The minimum Gasteiger partial charge on any atom is -0.493 e. The van der Waals surface area contributed by atoms with Gasteiger partial charge in [-0.3, -0.25) is 0 Å². The standard InChI is InChI=1S/C13H17NO.ClH/c1-2-13-12(5-8-15-13)9-11(1)10-3-6-14-7-4-10;/h1-2,9-10,14H,3-8H2;1H. The highest BCUT2D eigenvalue weighted by Gasteiger charge is 2.18. The molecule has 88 valence electrons. The van der Waals surface area contributed by atoms with Crippen molar-refractivity contribution in [1.29, 1.82) is 0 Å². The van der Waals surface area contributed by atoms with E-state index in [0.29, 0.717) is 0 Å². The van der Waals surface area contributed by atoms with Crippen LogP contribution in [0.5, 0.6) is 5.75 Å². The van der Waals surface area contributed by atoms with Gasteiger partial charge in [-0.25, -0.2) is 0 Å². The van der Waals surface area contributed by atoms with E-state index in [1.807, 2.05) is 0 Å². The third-order valence-corrected chi connectivity index (χ3v) is 3.52. The number of benzene rings is 1. The molecule has 0 spiro atoms. The maximum absolute atomic E-state index is 5.53. The van der Waals surface area contributed by atoms with Gasteiger partial charge in [-0.2, -0.15) is 0 Å². The Hall–Kier alpha value is -0.730. The lowest BCUT2D eigenvalue weighted by molar-refractivity contribution is 0.356. The lowest BCUT2D eigenvalue weighted by Gasteiger charge is -2.23. The van der Waals surface area contributed by atoms with E-state index in [-0.39, 0.29) is 12.4 Å². The van der Waals surface area contributed by atoms with Crippen LogP contribution in [0.3, 0.4) is 0 Å². The molecule has 1 fully saturated rings. The van der Waals surface area contributed by atoms with Crippen LogP contribution in [0.25, 0.3) is 0 Å². The molecular weight excluding hydrogens is 222 g/mol. The summed E-state index contributed by atoms with van der Waals surface area (Å²) in [5.41, 5.74) is 2.92. The SMILES string of the molecule is Cl.c1cc2c(cc1C1CCNCC1)CCO2. The van der Waals surface area contributed by atoms with Crippen molar-refractivity contribution >= 4 is 12.4 Å². The first-order chi connectivity index (χ1) is 7.43. The molecule has 0 radical (unpaired) electrons. The number of rotatable bonds is 1. The third kappa shape index (κ3) is 2.18. The lowest BCUT2D eigenvalue weighted by Crippen LogP contribution is -2.26. The summed E-state index contributed by atoms with van der Waals surface area (Å²) >= 11 is 0. The van der Waals surface area contributed by atoms with Crippen molar-refractivity contribution in [3.05, 3.63) is 29.3 Å². The summed E-state index contributed by atoms with van der Waals surface area (Å²) in [7, 11) is 0. The number of hydrogen-bond donors (Lipinski definition) is 1. The smallest absolute Gasteiger partial charge is 0.122 e. The molecule has 16 heavy (non-hydrogen) atoms. The van der Waals surface area contributed by atoms with Gasteiger partial charge in [0.2, 0.25) is 0 Å². The topological polar surface area (TPSA) is 21.3 Å². The molecule has 1 aromatic carbocycles. The minimum absolute atomic E-state index is 0. The predicted octanol–water partition coefficient (Wildman–Crippen LogP) is 2.51. The van der Waals surface area contributed by atoms with Crippen LogP contribution in [0.4, 0.5) is 0 Å². The van der Waals surface area contributed by atoms with E-state index in [1.165, 1.54) is 24.0 Å². The average molecular weight is 240 g/mol. The van der Waals surface area contributed by atoms with Crippen molar-refractivity contribution < 1.29 is 4.74 Å². The molecule has 0 amide bonds. The van der Waals surface area contributed by atoms with Gasteiger partial charge in [0, 0.05) is 6.42 Å². The molecule has 1 aromatic rings. The lowest BCUT2D eigenvalue weighted by atomic mass is 9.89. The highest BCUT2D eigenvalue weighted by Crippen LogP contribution is 2.31. The average Bonchev–Trinajstić information content (AvgIpc) is 2.77. The van der Waals surface area contributed by atoms with Crippen LogP contribution in [0, 0.1) is 0 Å². The second-order valence-corrected chi connectivity index (χ2v) is 4.49. The number of ether oxygens (including phenoxy) is 1. The molecule has 0 aromatic heterocycles. The van der Waals surface area contributed by atoms with Gasteiger partial charge in [0.25, 0.3) is 0 Å². The highest BCUT2D eigenvalue weighted by atomic mass is 35.5. The van der Waals surface area contributed by atoms with Crippen LogP contribution < -0.4 is 10.1 Å². The molecule has 0 bridgehead atoms. The summed E-state index contributed by atoms with van der Waals surface area (Å²) in [6, 6.07) is 6.76. The zero-order valence-corrected chi connectivity index (χ0v) is 10.2. The van der Waals surface area contributed by atoms with Gasteiger partial charge in [0.05, 0.1) is 6.61 Å². The fourth-order valence-corrected chi connectivity index (χ4v) is 2.62. The molecule has 0 aliphatic carbocycles. The minimum atomic E-state index is 0. The maximum atomic E-state index is 5.53. The monoisotopic (exact) mass is 239 g/mol. The van der Waals surface area contributed by atoms with Crippen molar-refractivity contribution in [2.45, 2.75) is 25.2 Å². The van der Waals surface area contributed by atoms with Crippen LogP contribution in [0.1, 0.15) is 29.9 Å². The van der Waals surface area contributed by atoms with E-state index < -0.39 is 0 Å². The van der Waals surface area contributed by atoms with Gasteiger partial charge in [-0.05, 0) is 49.0 Å². The Morgan fingerprint density at radius 1 is 1.19 bits per heavy atom. The predicted molar refractivity (Wildman–Crippen MR) is 67.7 cm³/mol. The quantitative estimate of drug-likeness (QED) is 0.813. The Morgan fingerprint density at radius 2 is 2.00 bits per heavy atom. The van der Waals surface area contributed by atoms with Crippen LogP contribution in [-0.4, -0.2) is 19.7 Å². The van der Waals surface area contributed by atoms with Gasteiger partial charge >= 0.3 is 0 Å². The summed E-state index contributed by atoms with van der Waals surface area (Å²) < 4.78 is 5.53. The first-order valence-corrected chi connectivity index (χ1v) is 5.90. The van der Waals surface area contributed by atoms with E-state index in [0.717, 1.165) is 37.8 Å². The molecule has 2 aliphatic heterocycles. The Morgan fingerprint density at radius 3 is 2.81 bits per heavy atom. The van der Waals surface area contributed by atoms with Crippen molar-refractivity contribution in [2.75, 3.05) is 19.7 Å². The Balaban J connectivity index is 0.000000963. The summed E-state index contributed by atoms with van der Waals surface area (Å²) in [6.45, 7) is 3.20. The molecule has 3 rings (SSSR count). The van der Waals surface area contributed by atoms with Crippen molar-refractivity contribution in [3.8, 4) is 5.75 Å². The van der Waals surface area contributed by atoms with Crippen LogP contribution in [0.2, 0.25) is 0 Å². The van der Waals surface area contributed by atoms with Gasteiger partial charge in [-0.1, -0.05) is 12.1 Å². The summed E-state index contributed by atoms with van der Waals surface area (Å²) in [5.74, 6) is 1.87. The highest BCUT2D eigenvalue weighted by molar-refractivity contribution is 5.85. The second kappa shape index (κ2) is 5.07. The molecule has 2 heterocycles. The normalized spacial score (nSPS) is 19.8.